The van der Waals surface area contributed by atoms with Crippen molar-refractivity contribution in [1.82, 2.24) is 19.5 Å². The lowest BCUT2D eigenvalue weighted by Gasteiger charge is -2.13. The van der Waals surface area contributed by atoms with E-state index in [1.807, 2.05) is 0 Å². The molecule has 0 saturated heterocycles. The zero-order valence-corrected chi connectivity index (χ0v) is 18.9. The number of anilines is 3. The first-order valence-electron chi connectivity index (χ1n) is 10.3. The summed E-state index contributed by atoms with van der Waals surface area (Å²) in [5, 5.41) is 8.60. The minimum Gasteiger partial charge on any atom is -0.382 e. The number of nitrogen functional groups attached to an aromatic ring is 1. The highest BCUT2D eigenvalue weighted by Gasteiger charge is 2.31. The number of aromatic nitrogens is 3. The second-order valence-electron chi connectivity index (χ2n) is 7.90. The third kappa shape index (κ3) is 4.76. The Kier molecular flexibility index (Phi) is 6.23. The van der Waals surface area contributed by atoms with Crippen molar-refractivity contribution in [2.24, 2.45) is 0 Å². The number of amides is 3. The van der Waals surface area contributed by atoms with Gasteiger partial charge in [0.1, 0.15) is 17.7 Å². The van der Waals surface area contributed by atoms with Gasteiger partial charge in [-0.15, -0.1) is 0 Å². The van der Waals surface area contributed by atoms with E-state index in [0.717, 1.165) is 0 Å². The molecule has 0 aliphatic carbocycles. The average Bonchev–Trinajstić information content (AvgIpc) is 3.20. The number of benzene rings is 2. The first-order valence-corrected chi connectivity index (χ1v) is 10.3. The second-order valence-corrected chi connectivity index (χ2v) is 7.90. The molecule has 2 heterocycles. The van der Waals surface area contributed by atoms with Crippen LogP contribution in [0.15, 0.2) is 55.0 Å². The first-order chi connectivity index (χ1) is 17.0. The minimum absolute atomic E-state index is 0.155. The summed E-state index contributed by atoms with van der Waals surface area (Å²) in [7, 11) is 3.20. The van der Waals surface area contributed by atoms with Gasteiger partial charge in [0.25, 0.3) is 5.91 Å². The quantitative estimate of drug-likeness (QED) is 0.357. The van der Waals surface area contributed by atoms with E-state index in [4.69, 9.17) is 5.73 Å². The Morgan fingerprint density at radius 3 is 2.39 bits per heavy atom. The van der Waals surface area contributed by atoms with E-state index in [-0.39, 0.29) is 17.4 Å². The summed E-state index contributed by atoms with van der Waals surface area (Å²) in [5.74, 6) is -1.16. The molecule has 0 unspecified atom stereocenters. The lowest BCUT2D eigenvalue weighted by Crippen LogP contribution is -2.21. The lowest BCUT2D eigenvalue weighted by atomic mass is 10.0. The third-order valence-electron chi connectivity index (χ3n) is 5.21. The number of halogens is 4. The number of hydrogen-bond donors (Lipinski definition) is 3. The fourth-order valence-corrected chi connectivity index (χ4v) is 3.53. The van der Waals surface area contributed by atoms with Gasteiger partial charge in [0.15, 0.2) is 5.82 Å². The molecule has 0 saturated carbocycles. The van der Waals surface area contributed by atoms with Gasteiger partial charge in [-0.2, -0.15) is 18.3 Å². The van der Waals surface area contributed by atoms with Crippen LogP contribution in [0.3, 0.4) is 0 Å². The molecule has 0 aliphatic rings. The van der Waals surface area contributed by atoms with Gasteiger partial charge in [-0.1, -0.05) is 12.1 Å². The molecule has 2 aromatic heterocycles. The topological polar surface area (TPSA) is 118 Å². The maximum absolute atomic E-state index is 13.9. The van der Waals surface area contributed by atoms with Crippen LogP contribution in [0, 0.1) is 5.82 Å². The number of carbonyl (C=O) groups excluding carboxylic acids is 2. The molecule has 13 heteroatoms. The molecule has 4 rings (SSSR count). The largest absolute Gasteiger partial charge is 0.416 e. The predicted molar refractivity (Wildman–Crippen MR) is 125 cm³/mol. The normalized spacial score (nSPS) is 11.4. The highest BCUT2D eigenvalue weighted by molar-refractivity contribution is 6.07. The summed E-state index contributed by atoms with van der Waals surface area (Å²) in [4.78, 5) is 30.5. The van der Waals surface area contributed by atoms with Gasteiger partial charge in [-0.05, 0) is 35.9 Å². The molecule has 0 fully saturated rings. The van der Waals surface area contributed by atoms with E-state index >= 15 is 0 Å². The fraction of sp³-hybridized carbons (Fsp3) is 0.130. The Morgan fingerprint density at radius 2 is 1.75 bits per heavy atom. The summed E-state index contributed by atoms with van der Waals surface area (Å²) in [6.07, 6.45) is -1.90. The molecular formula is C23H19F4N7O2. The SMILES string of the molecule is CN(C)C(=O)c1cn2ncnc(N)c2c1-c1ccc(NC(=O)Nc2cc(C(F)(F)F)ccc2F)cc1. The van der Waals surface area contributed by atoms with Gasteiger partial charge in [0.05, 0.1) is 16.8 Å². The molecule has 4 aromatic rings. The van der Waals surface area contributed by atoms with Gasteiger partial charge in [-0.25, -0.2) is 18.7 Å². The van der Waals surface area contributed by atoms with E-state index < -0.39 is 29.3 Å². The van der Waals surface area contributed by atoms with E-state index in [2.05, 4.69) is 20.7 Å². The molecule has 2 aromatic carbocycles. The highest BCUT2D eigenvalue weighted by atomic mass is 19.4. The summed E-state index contributed by atoms with van der Waals surface area (Å²) in [5.41, 5.74) is 6.37. The molecule has 3 amide bonds. The number of nitrogens with zero attached hydrogens (tertiary/aromatic N) is 4. The smallest absolute Gasteiger partial charge is 0.382 e. The van der Waals surface area contributed by atoms with Crippen LogP contribution in [0.4, 0.5) is 39.5 Å². The lowest BCUT2D eigenvalue weighted by molar-refractivity contribution is -0.137. The molecule has 4 N–H and O–H groups in total. The van der Waals surface area contributed by atoms with Gasteiger partial charge >= 0.3 is 12.2 Å². The minimum atomic E-state index is -4.69. The second kappa shape index (κ2) is 9.17. The summed E-state index contributed by atoms with van der Waals surface area (Å²) >= 11 is 0. The molecule has 186 valence electrons. The number of carbonyl (C=O) groups is 2. The van der Waals surface area contributed by atoms with E-state index in [9.17, 15) is 27.2 Å². The number of nitrogens with one attached hydrogen (secondary N) is 2. The van der Waals surface area contributed by atoms with Crippen LogP contribution in [0.5, 0.6) is 0 Å². The number of hydrogen-bond acceptors (Lipinski definition) is 5. The van der Waals surface area contributed by atoms with Crippen LogP contribution in [-0.2, 0) is 6.18 Å². The van der Waals surface area contributed by atoms with Crippen molar-refractivity contribution in [2.45, 2.75) is 6.18 Å². The zero-order valence-electron chi connectivity index (χ0n) is 18.9. The molecule has 0 bridgehead atoms. The van der Waals surface area contributed by atoms with Crippen molar-refractivity contribution >= 4 is 34.6 Å². The Morgan fingerprint density at radius 1 is 1.06 bits per heavy atom. The van der Waals surface area contributed by atoms with Crippen LogP contribution in [-0.4, -0.2) is 45.5 Å². The molecule has 0 atom stereocenters. The van der Waals surface area contributed by atoms with Gasteiger partial charge in [0.2, 0.25) is 0 Å². The van der Waals surface area contributed by atoms with Crippen LogP contribution < -0.4 is 16.4 Å². The molecule has 0 radical (unpaired) electrons. The Balaban J connectivity index is 1.60. The Labute approximate surface area is 201 Å². The van der Waals surface area contributed by atoms with Crippen LogP contribution in [0.2, 0.25) is 0 Å². The standard InChI is InChI=1S/C23H19F4N7O2/c1-33(2)21(35)15-10-34-19(20(28)29-11-30-34)18(15)12-3-6-14(7-4-12)31-22(36)32-17-9-13(23(25,26)27)5-8-16(17)24/h3-11H,1-2H3,(H2,28,29,30)(H2,31,32,36). The Bertz CT molecular complexity index is 1460. The zero-order chi connectivity index (χ0) is 26.2. The van der Waals surface area contributed by atoms with Crippen molar-refractivity contribution in [3.05, 3.63) is 71.9 Å². The number of urea groups is 1. The molecule has 36 heavy (non-hydrogen) atoms. The van der Waals surface area contributed by atoms with E-state index in [0.29, 0.717) is 40.4 Å². The van der Waals surface area contributed by atoms with Crippen LogP contribution in [0.25, 0.3) is 16.6 Å². The first kappa shape index (κ1) is 24.4. The van der Waals surface area contributed by atoms with Crippen LogP contribution in [0.1, 0.15) is 15.9 Å². The number of alkyl halides is 3. The van der Waals surface area contributed by atoms with Crippen molar-refractivity contribution in [3.63, 3.8) is 0 Å². The third-order valence-corrected chi connectivity index (χ3v) is 5.21. The molecule has 9 nitrogen and oxygen atoms in total. The van der Waals surface area contributed by atoms with Crippen molar-refractivity contribution in [1.29, 1.82) is 0 Å². The fourth-order valence-electron chi connectivity index (χ4n) is 3.53. The molecular weight excluding hydrogens is 482 g/mol. The summed E-state index contributed by atoms with van der Waals surface area (Å²) in [6, 6.07) is 6.98. The number of fused-ring (bicyclic) bond motifs is 1. The maximum atomic E-state index is 13.9. The van der Waals surface area contributed by atoms with Crippen molar-refractivity contribution < 1.29 is 27.2 Å². The predicted octanol–water partition coefficient (Wildman–Crippen LogP) is 4.48. The van der Waals surface area contributed by atoms with Crippen molar-refractivity contribution in [2.75, 3.05) is 30.5 Å². The highest BCUT2D eigenvalue weighted by Crippen LogP contribution is 2.34. The van der Waals surface area contributed by atoms with E-state index in [1.54, 1.807) is 26.2 Å². The van der Waals surface area contributed by atoms with Crippen LogP contribution >= 0.6 is 0 Å². The monoisotopic (exact) mass is 501 g/mol. The number of rotatable bonds is 4. The van der Waals surface area contributed by atoms with Gasteiger partial charge in [-0.3, -0.25) is 4.79 Å². The number of nitrogens with two attached hydrogens (primary N) is 1. The molecule has 0 spiro atoms. The van der Waals surface area contributed by atoms with Crippen molar-refractivity contribution in [3.8, 4) is 11.1 Å². The van der Waals surface area contributed by atoms with E-state index in [1.165, 1.54) is 34.1 Å². The average molecular weight is 501 g/mol. The van der Waals surface area contributed by atoms with Gasteiger partial charge in [0, 0.05) is 31.5 Å². The maximum Gasteiger partial charge on any atom is 0.416 e. The van der Waals surface area contributed by atoms with Gasteiger partial charge < -0.3 is 21.3 Å². The summed E-state index contributed by atoms with van der Waals surface area (Å²) in [6.45, 7) is 0. The Hall–Kier alpha value is -4.68. The molecule has 0 aliphatic heterocycles. The summed E-state index contributed by atoms with van der Waals surface area (Å²) < 4.78 is 54.0.